The van der Waals surface area contributed by atoms with Gasteiger partial charge in [0.25, 0.3) is 0 Å². The van der Waals surface area contributed by atoms with Crippen LogP contribution in [0.15, 0.2) is 0 Å². The summed E-state index contributed by atoms with van der Waals surface area (Å²) < 4.78 is 0. The van der Waals surface area contributed by atoms with E-state index in [1.54, 1.807) is 0 Å². The van der Waals surface area contributed by atoms with Gasteiger partial charge in [-0.1, -0.05) is 27.7 Å². The van der Waals surface area contributed by atoms with Crippen LogP contribution in [0.5, 0.6) is 0 Å². The summed E-state index contributed by atoms with van der Waals surface area (Å²) >= 11 is 0. The Hall–Kier alpha value is -0.570. The van der Waals surface area contributed by atoms with Crippen LogP contribution in [0.25, 0.3) is 0 Å². The molecule has 0 spiro atoms. The molecule has 0 aromatic carbocycles. The summed E-state index contributed by atoms with van der Waals surface area (Å²) in [6, 6.07) is 0. The quantitative estimate of drug-likeness (QED) is 0.733. The first-order valence-electron chi connectivity index (χ1n) is 6.98. The molecule has 2 aliphatic rings. The fourth-order valence-corrected chi connectivity index (χ4v) is 3.07. The highest BCUT2D eigenvalue weighted by Gasteiger charge is 2.50. The van der Waals surface area contributed by atoms with Gasteiger partial charge in [-0.05, 0) is 24.3 Å². The van der Waals surface area contributed by atoms with E-state index in [1.165, 1.54) is 0 Å². The standard InChI is InChI=1S/C14H26N2O/c1-5-15-6-8-16(9-7-15)13(17)12-10-11(2)14(12,3)4/h11-12H,5-10H2,1-4H3/t11-,12-/m1/s1. The number of piperazine rings is 1. The van der Waals surface area contributed by atoms with Gasteiger partial charge in [0.05, 0.1) is 0 Å². The maximum absolute atomic E-state index is 12.4. The third-order valence-electron chi connectivity index (χ3n) is 5.19. The lowest BCUT2D eigenvalue weighted by Gasteiger charge is -2.51. The predicted octanol–water partition coefficient (Wildman–Crippen LogP) is 1.83. The van der Waals surface area contributed by atoms with E-state index in [4.69, 9.17) is 0 Å². The van der Waals surface area contributed by atoms with E-state index in [1.807, 2.05) is 0 Å². The first kappa shape index (κ1) is 12.9. The molecular formula is C14H26N2O. The first-order valence-corrected chi connectivity index (χ1v) is 6.98. The van der Waals surface area contributed by atoms with Crippen molar-refractivity contribution in [2.45, 2.75) is 34.1 Å². The molecule has 0 radical (unpaired) electrons. The second kappa shape index (κ2) is 4.60. The van der Waals surface area contributed by atoms with Gasteiger partial charge in [0.15, 0.2) is 0 Å². The summed E-state index contributed by atoms with van der Waals surface area (Å²) in [5.41, 5.74) is 0.207. The van der Waals surface area contributed by atoms with E-state index in [2.05, 4.69) is 37.5 Å². The van der Waals surface area contributed by atoms with Gasteiger partial charge in [0.1, 0.15) is 0 Å². The van der Waals surface area contributed by atoms with Crippen LogP contribution in [0.3, 0.4) is 0 Å². The van der Waals surface area contributed by atoms with Crippen molar-refractivity contribution >= 4 is 5.91 Å². The highest BCUT2D eigenvalue weighted by Crippen LogP contribution is 2.51. The third-order valence-corrected chi connectivity index (χ3v) is 5.19. The zero-order chi connectivity index (χ0) is 12.6. The second-order valence-electron chi connectivity index (χ2n) is 6.27. The molecule has 0 bridgehead atoms. The molecule has 2 rings (SSSR count). The van der Waals surface area contributed by atoms with Crippen LogP contribution < -0.4 is 0 Å². The van der Waals surface area contributed by atoms with Gasteiger partial charge in [0, 0.05) is 32.1 Å². The van der Waals surface area contributed by atoms with Crippen molar-refractivity contribution in [3.63, 3.8) is 0 Å². The molecule has 1 saturated heterocycles. The van der Waals surface area contributed by atoms with Gasteiger partial charge in [-0.2, -0.15) is 0 Å². The van der Waals surface area contributed by atoms with Gasteiger partial charge in [-0.25, -0.2) is 0 Å². The largest absolute Gasteiger partial charge is 0.340 e. The number of rotatable bonds is 2. The van der Waals surface area contributed by atoms with Crippen molar-refractivity contribution in [1.29, 1.82) is 0 Å². The number of nitrogens with zero attached hydrogens (tertiary/aromatic N) is 2. The number of hydrogen-bond donors (Lipinski definition) is 0. The second-order valence-corrected chi connectivity index (χ2v) is 6.27. The van der Waals surface area contributed by atoms with Crippen molar-refractivity contribution in [3.05, 3.63) is 0 Å². The smallest absolute Gasteiger partial charge is 0.226 e. The van der Waals surface area contributed by atoms with E-state index in [0.717, 1.165) is 39.1 Å². The van der Waals surface area contributed by atoms with Crippen molar-refractivity contribution in [3.8, 4) is 0 Å². The fourth-order valence-electron chi connectivity index (χ4n) is 3.07. The van der Waals surface area contributed by atoms with E-state index >= 15 is 0 Å². The Morgan fingerprint density at radius 2 is 1.82 bits per heavy atom. The lowest BCUT2D eigenvalue weighted by atomic mass is 9.55. The van der Waals surface area contributed by atoms with Crippen LogP contribution in [0.4, 0.5) is 0 Å². The topological polar surface area (TPSA) is 23.6 Å². The molecule has 0 unspecified atom stereocenters. The molecule has 2 atom stereocenters. The monoisotopic (exact) mass is 238 g/mol. The zero-order valence-electron chi connectivity index (χ0n) is 11.7. The maximum atomic E-state index is 12.4. The molecule has 1 aliphatic heterocycles. The van der Waals surface area contributed by atoms with Crippen molar-refractivity contribution < 1.29 is 4.79 Å². The summed E-state index contributed by atoms with van der Waals surface area (Å²) in [6.45, 7) is 14.0. The lowest BCUT2D eigenvalue weighted by Crippen LogP contribution is -2.56. The van der Waals surface area contributed by atoms with Crippen molar-refractivity contribution in [1.82, 2.24) is 9.80 Å². The van der Waals surface area contributed by atoms with Crippen molar-refractivity contribution in [2.75, 3.05) is 32.7 Å². The maximum Gasteiger partial charge on any atom is 0.226 e. The molecule has 0 aromatic rings. The Morgan fingerprint density at radius 3 is 2.24 bits per heavy atom. The zero-order valence-corrected chi connectivity index (χ0v) is 11.7. The molecule has 1 heterocycles. The SMILES string of the molecule is CCN1CCN(C(=O)[C@H]2C[C@@H](C)C2(C)C)CC1. The summed E-state index contributed by atoms with van der Waals surface area (Å²) in [4.78, 5) is 16.9. The molecular weight excluding hydrogens is 212 g/mol. The van der Waals surface area contributed by atoms with E-state index in [0.29, 0.717) is 11.8 Å². The molecule has 3 heteroatoms. The number of hydrogen-bond acceptors (Lipinski definition) is 2. The minimum atomic E-state index is 0.207. The Morgan fingerprint density at radius 1 is 1.24 bits per heavy atom. The van der Waals surface area contributed by atoms with Crippen LogP contribution in [-0.4, -0.2) is 48.4 Å². The van der Waals surface area contributed by atoms with Gasteiger partial charge in [0.2, 0.25) is 5.91 Å². The van der Waals surface area contributed by atoms with Gasteiger partial charge in [-0.3, -0.25) is 4.79 Å². The molecule has 98 valence electrons. The van der Waals surface area contributed by atoms with Crippen LogP contribution >= 0.6 is 0 Å². The minimum absolute atomic E-state index is 0.207. The average molecular weight is 238 g/mol. The van der Waals surface area contributed by atoms with Crippen LogP contribution in [0.1, 0.15) is 34.1 Å². The summed E-state index contributed by atoms with van der Waals surface area (Å²) in [5, 5.41) is 0. The average Bonchev–Trinajstić information content (AvgIpc) is 2.35. The molecule has 3 nitrogen and oxygen atoms in total. The molecule has 0 N–H and O–H groups in total. The lowest BCUT2D eigenvalue weighted by molar-refractivity contribution is -0.152. The van der Waals surface area contributed by atoms with E-state index in [9.17, 15) is 4.79 Å². The summed E-state index contributed by atoms with van der Waals surface area (Å²) in [5.74, 6) is 1.36. The number of amides is 1. The number of carbonyl (C=O) groups is 1. The highest BCUT2D eigenvalue weighted by atomic mass is 16.2. The number of carbonyl (C=O) groups excluding carboxylic acids is 1. The Bertz CT molecular complexity index is 293. The van der Waals surface area contributed by atoms with Gasteiger partial charge >= 0.3 is 0 Å². The van der Waals surface area contributed by atoms with Crippen LogP contribution in [-0.2, 0) is 4.79 Å². The predicted molar refractivity (Wildman–Crippen MR) is 69.7 cm³/mol. The molecule has 0 aromatic heterocycles. The Labute approximate surface area is 105 Å². The fraction of sp³-hybridized carbons (Fsp3) is 0.929. The van der Waals surface area contributed by atoms with Crippen LogP contribution in [0, 0.1) is 17.3 Å². The van der Waals surface area contributed by atoms with Crippen molar-refractivity contribution in [2.24, 2.45) is 17.3 Å². The highest BCUT2D eigenvalue weighted by molar-refractivity contribution is 5.80. The molecule has 1 amide bonds. The molecule has 17 heavy (non-hydrogen) atoms. The Balaban J connectivity index is 1.90. The first-order chi connectivity index (χ1) is 7.96. The Kier molecular flexibility index (Phi) is 3.48. The molecule has 2 fully saturated rings. The van der Waals surface area contributed by atoms with E-state index in [-0.39, 0.29) is 11.3 Å². The van der Waals surface area contributed by atoms with Crippen LogP contribution in [0.2, 0.25) is 0 Å². The molecule has 1 saturated carbocycles. The van der Waals surface area contributed by atoms with Gasteiger partial charge < -0.3 is 9.80 Å². The van der Waals surface area contributed by atoms with E-state index < -0.39 is 0 Å². The van der Waals surface area contributed by atoms with Gasteiger partial charge in [-0.15, -0.1) is 0 Å². The molecule has 1 aliphatic carbocycles. The third kappa shape index (κ3) is 2.22. The summed E-state index contributed by atoms with van der Waals surface area (Å²) in [6.07, 6.45) is 1.08. The summed E-state index contributed by atoms with van der Waals surface area (Å²) in [7, 11) is 0. The normalized spacial score (nSPS) is 33.3. The number of likely N-dealkylation sites (N-methyl/N-ethyl adjacent to an activating group) is 1. The minimum Gasteiger partial charge on any atom is -0.340 e.